The summed E-state index contributed by atoms with van der Waals surface area (Å²) in [6.45, 7) is 6.86. The van der Waals surface area contributed by atoms with E-state index in [1.54, 1.807) is 0 Å². The lowest BCUT2D eigenvalue weighted by molar-refractivity contribution is 0.408. The van der Waals surface area contributed by atoms with Gasteiger partial charge in [0.15, 0.2) is 0 Å². The van der Waals surface area contributed by atoms with Gasteiger partial charge in [0.1, 0.15) is 7.85 Å². The Bertz CT molecular complexity index is 68.9. The Balaban J connectivity index is 3.71. The molecule has 0 aromatic carbocycles. The summed E-state index contributed by atoms with van der Waals surface area (Å²) in [7, 11) is 5.06. The molecule has 2 atom stereocenters. The zero-order chi connectivity index (χ0) is 6.78. The highest BCUT2D eigenvalue weighted by Gasteiger charge is 2.18. The van der Waals surface area contributed by atoms with Crippen LogP contribution < -0.4 is 0 Å². The van der Waals surface area contributed by atoms with Gasteiger partial charge in [-0.1, -0.05) is 26.6 Å². The first-order chi connectivity index (χ1) is 3.50. The number of hydrogen-bond acceptors (Lipinski definition) is 0. The molecule has 0 aromatic heterocycles. The Morgan fingerprint density at radius 3 is 2.00 bits per heavy atom. The minimum Gasteiger partial charge on any atom is -0.137 e. The highest BCUT2D eigenvalue weighted by Crippen LogP contribution is 2.30. The van der Waals surface area contributed by atoms with Gasteiger partial charge in [-0.15, -0.1) is 9.24 Å². The minimum atomic E-state index is 0.505. The van der Waals surface area contributed by atoms with Crippen LogP contribution in [0.5, 0.6) is 0 Å². The van der Waals surface area contributed by atoms with E-state index in [1.807, 2.05) is 0 Å². The van der Waals surface area contributed by atoms with E-state index in [0.717, 1.165) is 5.82 Å². The predicted octanol–water partition coefficient (Wildman–Crippen LogP) is 1.33. The van der Waals surface area contributed by atoms with Gasteiger partial charge in [0.05, 0.1) is 0 Å². The number of hydrogen-bond donors (Lipinski definition) is 0. The van der Waals surface area contributed by atoms with Crippen LogP contribution in [-0.2, 0) is 0 Å². The lowest BCUT2D eigenvalue weighted by Gasteiger charge is -2.27. The predicted molar refractivity (Wildman–Crippen MR) is 46.3 cm³/mol. The summed E-state index contributed by atoms with van der Waals surface area (Å²) < 4.78 is 0. The van der Waals surface area contributed by atoms with Crippen molar-refractivity contribution in [1.82, 2.24) is 0 Å². The van der Waals surface area contributed by atoms with E-state index in [9.17, 15) is 0 Å². The largest absolute Gasteiger partial charge is 0.137 e. The highest BCUT2D eigenvalue weighted by molar-refractivity contribution is 7.16. The molecule has 0 aromatic rings. The first-order valence-corrected chi connectivity index (χ1v) is 4.02. The van der Waals surface area contributed by atoms with Gasteiger partial charge in [0.25, 0.3) is 0 Å². The van der Waals surface area contributed by atoms with Crippen LogP contribution in [0.2, 0.25) is 5.82 Å². The SMILES string of the molecule is B[C@@H](C)C(C)(C)CP. The van der Waals surface area contributed by atoms with Crippen LogP contribution in [0.25, 0.3) is 0 Å². The molecule has 0 radical (unpaired) electrons. The first-order valence-electron chi connectivity index (χ1n) is 3.21. The van der Waals surface area contributed by atoms with Crippen molar-refractivity contribution < 1.29 is 0 Å². The topological polar surface area (TPSA) is 0 Å². The molecule has 0 aliphatic carbocycles. The molecule has 0 N–H and O–H groups in total. The molecular formula is C6H16BP. The molecule has 0 spiro atoms. The Morgan fingerprint density at radius 2 is 2.00 bits per heavy atom. The molecule has 0 fully saturated rings. The summed E-state index contributed by atoms with van der Waals surface area (Å²) in [5, 5.41) is 0. The fourth-order valence-corrected chi connectivity index (χ4v) is 0.707. The third-order valence-corrected chi connectivity index (χ3v) is 3.14. The van der Waals surface area contributed by atoms with Crippen LogP contribution in [-0.4, -0.2) is 14.0 Å². The van der Waals surface area contributed by atoms with Crippen LogP contribution in [0.1, 0.15) is 20.8 Å². The van der Waals surface area contributed by atoms with Gasteiger partial charge in [0, 0.05) is 0 Å². The molecule has 0 saturated carbocycles. The van der Waals surface area contributed by atoms with Crippen LogP contribution in [0, 0.1) is 5.41 Å². The molecule has 48 valence electrons. The van der Waals surface area contributed by atoms with Gasteiger partial charge in [-0.3, -0.25) is 0 Å². The average molecular weight is 130 g/mol. The highest BCUT2D eigenvalue weighted by atomic mass is 31.0. The van der Waals surface area contributed by atoms with E-state index < -0.39 is 0 Å². The van der Waals surface area contributed by atoms with Crippen molar-refractivity contribution >= 4 is 17.1 Å². The maximum absolute atomic E-state index is 2.79. The van der Waals surface area contributed by atoms with Crippen molar-refractivity contribution in [3.8, 4) is 0 Å². The lowest BCUT2D eigenvalue weighted by Crippen LogP contribution is -2.18. The Hall–Kier alpha value is 0.495. The second-order valence-electron chi connectivity index (χ2n) is 3.35. The summed E-state index contributed by atoms with van der Waals surface area (Å²) in [5.41, 5.74) is 0.505. The summed E-state index contributed by atoms with van der Waals surface area (Å²) >= 11 is 0. The van der Waals surface area contributed by atoms with Gasteiger partial charge in [-0.05, 0) is 11.6 Å². The monoisotopic (exact) mass is 130 g/mol. The minimum absolute atomic E-state index is 0.505. The first kappa shape index (κ1) is 8.49. The maximum atomic E-state index is 2.79. The maximum Gasteiger partial charge on any atom is 0.105 e. The van der Waals surface area contributed by atoms with Crippen molar-refractivity contribution in [2.45, 2.75) is 26.6 Å². The van der Waals surface area contributed by atoms with E-state index >= 15 is 0 Å². The fraction of sp³-hybridized carbons (Fsp3) is 1.00. The van der Waals surface area contributed by atoms with Gasteiger partial charge in [0.2, 0.25) is 0 Å². The van der Waals surface area contributed by atoms with Crippen LogP contribution in [0.3, 0.4) is 0 Å². The quantitative estimate of drug-likeness (QED) is 0.390. The molecule has 1 unspecified atom stereocenters. The average Bonchev–Trinajstić information content (AvgIpc) is 1.67. The van der Waals surface area contributed by atoms with Crippen molar-refractivity contribution in [2.75, 3.05) is 6.16 Å². The fourth-order valence-electron chi connectivity index (χ4n) is 0.236. The van der Waals surface area contributed by atoms with Crippen LogP contribution in [0.15, 0.2) is 0 Å². The van der Waals surface area contributed by atoms with Crippen molar-refractivity contribution in [2.24, 2.45) is 5.41 Å². The van der Waals surface area contributed by atoms with E-state index in [-0.39, 0.29) is 0 Å². The Kier molecular flexibility index (Phi) is 3.05. The molecule has 0 rings (SSSR count). The van der Waals surface area contributed by atoms with E-state index in [1.165, 1.54) is 6.16 Å². The van der Waals surface area contributed by atoms with E-state index in [0.29, 0.717) is 5.41 Å². The lowest BCUT2D eigenvalue weighted by atomic mass is 9.70. The summed E-state index contributed by atoms with van der Waals surface area (Å²) in [6.07, 6.45) is 1.20. The third-order valence-electron chi connectivity index (χ3n) is 2.09. The molecule has 0 heterocycles. The van der Waals surface area contributed by atoms with E-state index in [2.05, 4.69) is 37.9 Å². The molecule has 0 nitrogen and oxygen atoms in total. The molecule has 0 amide bonds. The molecule has 8 heavy (non-hydrogen) atoms. The molecule has 0 bridgehead atoms. The van der Waals surface area contributed by atoms with E-state index in [4.69, 9.17) is 0 Å². The second-order valence-corrected chi connectivity index (χ2v) is 3.76. The number of rotatable bonds is 2. The van der Waals surface area contributed by atoms with Crippen LogP contribution in [0.4, 0.5) is 0 Å². The molecule has 2 heteroatoms. The van der Waals surface area contributed by atoms with Gasteiger partial charge in [-0.2, -0.15) is 0 Å². The molecule has 0 aliphatic heterocycles. The zero-order valence-corrected chi connectivity index (χ0v) is 7.52. The van der Waals surface area contributed by atoms with Gasteiger partial charge >= 0.3 is 0 Å². The second kappa shape index (κ2) is 2.87. The molecule has 0 saturated heterocycles. The molecule has 0 aliphatic rings. The van der Waals surface area contributed by atoms with Gasteiger partial charge in [-0.25, -0.2) is 0 Å². The van der Waals surface area contributed by atoms with Crippen molar-refractivity contribution in [3.63, 3.8) is 0 Å². The van der Waals surface area contributed by atoms with Crippen molar-refractivity contribution in [3.05, 3.63) is 0 Å². The van der Waals surface area contributed by atoms with Crippen LogP contribution >= 0.6 is 9.24 Å². The Labute approximate surface area is 56.0 Å². The summed E-state index contributed by atoms with van der Waals surface area (Å²) in [6, 6.07) is 0. The molecular weight excluding hydrogens is 114 g/mol. The summed E-state index contributed by atoms with van der Waals surface area (Å²) in [4.78, 5) is 0. The smallest absolute Gasteiger partial charge is 0.105 e. The zero-order valence-electron chi connectivity index (χ0n) is 6.36. The Morgan fingerprint density at radius 1 is 1.62 bits per heavy atom. The van der Waals surface area contributed by atoms with Gasteiger partial charge < -0.3 is 0 Å². The normalized spacial score (nSPS) is 16.0. The summed E-state index contributed by atoms with van der Waals surface area (Å²) in [5.74, 6) is 0.792. The van der Waals surface area contributed by atoms with Crippen molar-refractivity contribution in [1.29, 1.82) is 0 Å². The standard InChI is InChI=1S/C6H16BP/c1-5(7)6(2,3)4-8/h5H,4,7-8H2,1-3H3/t5-/m0/s1. The third kappa shape index (κ3) is 2.18.